The molecule has 0 bridgehead atoms. The molecule has 14 heteroatoms. The first kappa shape index (κ1) is 83.7. The summed E-state index contributed by atoms with van der Waals surface area (Å²) < 4.78 is 15.2. The fourth-order valence-electron chi connectivity index (χ4n) is 21.5. The average Bonchev–Trinajstić information content (AvgIpc) is 1.54. The Bertz CT molecular complexity index is 9210. The lowest BCUT2D eigenvalue weighted by Crippen LogP contribution is -2.00. The van der Waals surface area contributed by atoms with Crippen LogP contribution < -0.4 is 0 Å². The van der Waals surface area contributed by atoms with E-state index < -0.39 is 0 Å². The molecule has 0 saturated heterocycles. The van der Waals surface area contributed by atoms with Crippen LogP contribution >= 0.6 is 34.0 Å². The van der Waals surface area contributed by atoms with Crippen molar-refractivity contribution in [3.8, 4) is 119 Å². The summed E-state index contributed by atoms with van der Waals surface area (Å²) in [5.41, 5.74) is 24.0. The highest BCUT2D eigenvalue weighted by molar-refractivity contribution is 7.28. The maximum atomic E-state index is 5.07. The normalized spacial score (nSPS) is 11.8. The summed E-state index contributed by atoms with van der Waals surface area (Å²) in [6.07, 6.45) is 3.61. The van der Waals surface area contributed by atoms with E-state index in [9.17, 15) is 0 Å². The molecule has 11 nitrogen and oxygen atoms in total. The van der Waals surface area contributed by atoms with Gasteiger partial charge >= 0.3 is 0 Å². The third-order valence-corrected chi connectivity index (χ3v) is 31.5. The molecule has 0 aliphatic heterocycles. The fourth-order valence-corrected chi connectivity index (χ4v) is 25.3. The van der Waals surface area contributed by atoms with Crippen molar-refractivity contribution < 1.29 is 0 Å². The van der Waals surface area contributed by atoms with Crippen molar-refractivity contribution in [3.05, 3.63) is 480 Å². The number of hydrogen-bond acceptors (Lipinski definition) is 11. The number of rotatable bonds is 12. The molecule has 0 atom stereocenters. The number of benzene rings is 19. The van der Waals surface area contributed by atoms with E-state index in [0.717, 1.165) is 95.7 Å². The third-order valence-electron chi connectivity index (χ3n) is 27.9. The Hall–Kier alpha value is -18.4. The number of thiophene rings is 3. The summed E-state index contributed by atoms with van der Waals surface area (Å²) in [6.45, 7) is 0. The number of aromatic nitrogens is 11. The molecular formula is C130H79N11S3. The Balaban J connectivity index is 0.000000105. The van der Waals surface area contributed by atoms with Crippen LogP contribution in [-0.2, 0) is 0 Å². The van der Waals surface area contributed by atoms with Crippen molar-refractivity contribution >= 4 is 192 Å². The third kappa shape index (κ3) is 14.1. The number of fused-ring (bicyclic) bond motifs is 30. The van der Waals surface area contributed by atoms with Crippen LogP contribution in [-0.4, -0.2) is 53.6 Å². The smallest absolute Gasteiger partial charge is 0.164 e. The van der Waals surface area contributed by atoms with Crippen LogP contribution in [0.5, 0.6) is 0 Å². The zero-order valence-corrected chi connectivity index (χ0v) is 79.7. The molecule has 0 N–H and O–H groups in total. The molecule has 144 heavy (non-hydrogen) atoms. The highest BCUT2D eigenvalue weighted by Gasteiger charge is 2.28. The maximum absolute atomic E-state index is 5.07. The van der Waals surface area contributed by atoms with E-state index >= 15 is 0 Å². The Kier molecular flexibility index (Phi) is 20.3. The van der Waals surface area contributed by atoms with E-state index in [0.29, 0.717) is 23.3 Å². The second-order valence-corrected chi connectivity index (χ2v) is 39.4. The second kappa shape index (κ2) is 34.9. The summed E-state index contributed by atoms with van der Waals surface area (Å²) in [5, 5.41) is 23.4. The van der Waals surface area contributed by atoms with Gasteiger partial charge in [0.25, 0.3) is 0 Å². The van der Waals surface area contributed by atoms with Crippen molar-refractivity contribution in [3.63, 3.8) is 0 Å². The predicted octanol–water partition coefficient (Wildman–Crippen LogP) is 35.1. The predicted molar refractivity (Wildman–Crippen MR) is 605 cm³/mol. The zero-order chi connectivity index (χ0) is 94.8. The van der Waals surface area contributed by atoms with Gasteiger partial charge in [-0.25, -0.2) is 29.9 Å². The van der Waals surface area contributed by atoms with Crippen molar-refractivity contribution in [2.75, 3.05) is 0 Å². The van der Waals surface area contributed by atoms with Crippen LogP contribution in [0, 0.1) is 0 Å². The van der Waals surface area contributed by atoms with Gasteiger partial charge in [0.15, 0.2) is 23.3 Å². The molecule has 0 saturated carbocycles. The van der Waals surface area contributed by atoms with Crippen molar-refractivity contribution in [2.45, 2.75) is 0 Å². The maximum Gasteiger partial charge on any atom is 0.164 e. The molecular weight excluding hydrogens is 1810 g/mol. The molecule has 30 rings (SSSR count). The second-order valence-electron chi connectivity index (χ2n) is 36.2. The molecule has 0 spiro atoms. The van der Waals surface area contributed by atoms with E-state index in [1.807, 2.05) is 143 Å². The number of para-hydroxylation sites is 3. The van der Waals surface area contributed by atoms with Gasteiger partial charge < -0.3 is 13.7 Å². The van der Waals surface area contributed by atoms with Gasteiger partial charge in [-0.05, 0) is 183 Å². The van der Waals surface area contributed by atoms with Gasteiger partial charge in [0, 0.05) is 142 Å². The molecule has 0 aliphatic rings. The standard InChI is InChI=1S/C44H27N3S.2C43H26N4S/c1-3-13-28(14-4-1)36-27-37(29-15-5-2-6-16-29)46-44(45-36)30-23-25-31(26-24-30)47-38-21-11-9-19-34(38)40-32-17-7-8-18-33(32)41-35-20-10-12-22-39(35)48-43(41)42(40)47;1-3-13-27(14-4-1)41-44-42(28-15-5-2-6-16-28)46-43(45-41)29-23-25-30(26-24-29)47-35-21-11-9-19-33(35)37-31-17-7-8-18-32(31)38-34-20-10-12-22-36(34)48-40(38)39(37)47;1-2-12-31-30(11-1)40-32-13-3-5-17-38(32)47(42(40)43-41(31)33-14-4-6-18-39(33)48-43)29-21-19-27(20-22-29)28-25-36(34-15-7-9-23-44-34)46-37(26-28)35-16-8-10-24-45-35/h1-27H;2*1-26H. The van der Waals surface area contributed by atoms with Crippen molar-refractivity contribution in [2.24, 2.45) is 0 Å². The molecule has 0 amide bonds. The van der Waals surface area contributed by atoms with E-state index in [1.165, 1.54) is 158 Å². The largest absolute Gasteiger partial charge is 0.308 e. The number of pyridine rings is 3. The van der Waals surface area contributed by atoms with Gasteiger partial charge in [-0.15, -0.1) is 34.0 Å². The highest BCUT2D eigenvalue weighted by atomic mass is 32.1. The monoisotopic (exact) mass is 1890 g/mol. The Morgan fingerprint density at radius 2 is 0.417 bits per heavy atom. The SMILES string of the molecule is c1ccc(-c2cc(-c3ccc(-n4c5ccccc5c5c6ccccc6c6c7ccccc7sc6c54)cc3)cc(-c3ccccn3)n2)nc1.c1ccc(-c2cc(-c3ccccc3)nc(-c3ccc(-n4c5ccccc5c5c6ccccc6c6c7ccccc7sc6c54)cc3)n2)cc1.c1ccc(-c2nc(-c3ccccc3)nc(-c3ccc(-n4c5ccccc5c5c6ccccc6c6c7ccccc7sc6c54)cc3)n2)cc1. The van der Waals surface area contributed by atoms with Crippen LogP contribution in [0.2, 0.25) is 0 Å². The summed E-state index contributed by atoms with van der Waals surface area (Å²) in [4.78, 5) is 39.1. The fraction of sp³-hybridized carbons (Fsp3) is 0. The van der Waals surface area contributed by atoms with Crippen molar-refractivity contribution in [1.29, 1.82) is 0 Å². The average molecular weight is 1890 g/mol. The molecule has 0 radical (unpaired) electrons. The molecule has 11 heterocycles. The summed E-state index contributed by atoms with van der Waals surface area (Å²) in [6, 6.07) is 165. The molecule has 0 unspecified atom stereocenters. The molecule has 30 aromatic rings. The lowest BCUT2D eigenvalue weighted by Gasteiger charge is -2.12. The summed E-state index contributed by atoms with van der Waals surface area (Å²) in [5.74, 6) is 2.67. The van der Waals surface area contributed by atoms with E-state index in [-0.39, 0.29) is 0 Å². The molecule has 0 aliphatic carbocycles. The van der Waals surface area contributed by atoms with E-state index in [1.54, 1.807) is 12.4 Å². The van der Waals surface area contributed by atoms with Crippen LogP contribution in [0.15, 0.2) is 480 Å². The number of nitrogens with zero attached hydrogens (tertiary/aromatic N) is 11. The Morgan fingerprint density at radius 3 is 0.736 bits per heavy atom. The quantitative estimate of drug-likeness (QED) is 0.119. The van der Waals surface area contributed by atoms with Crippen LogP contribution in [0.3, 0.4) is 0 Å². The molecule has 11 aromatic heterocycles. The van der Waals surface area contributed by atoms with Gasteiger partial charge in [-0.3, -0.25) is 9.97 Å². The minimum atomic E-state index is 0.648. The van der Waals surface area contributed by atoms with Crippen LogP contribution in [0.4, 0.5) is 0 Å². The van der Waals surface area contributed by atoms with Crippen LogP contribution in [0.25, 0.3) is 277 Å². The molecule has 19 aromatic carbocycles. The van der Waals surface area contributed by atoms with Crippen LogP contribution in [0.1, 0.15) is 0 Å². The van der Waals surface area contributed by atoms with E-state index in [2.05, 4.69) is 382 Å². The van der Waals surface area contributed by atoms with Gasteiger partial charge in [-0.2, -0.15) is 0 Å². The first-order valence-electron chi connectivity index (χ1n) is 48.2. The number of hydrogen-bond donors (Lipinski definition) is 0. The molecule has 672 valence electrons. The summed E-state index contributed by atoms with van der Waals surface area (Å²) in [7, 11) is 0. The lowest BCUT2D eigenvalue weighted by atomic mass is 9.99. The zero-order valence-electron chi connectivity index (χ0n) is 77.3. The van der Waals surface area contributed by atoms with Crippen molar-refractivity contribution in [1.82, 2.24) is 53.6 Å². The Morgan fingerprint density at radius 1 is 0.160 bits per heavy atom. The minimum Gasteiger partial charge on any atom is -0.308 e. The van der Waals surface area contributed by atoms with Gasteiger partial charge in [0.05, 0.1) is 81.4 Å². The van der Waals surface area contributed by atoms with Gasteiger partial charge in [0.1, 0.15) is 0 Å². The summed E-state index contributed by atoms with van der Waals surface area (Å²) >= 11 is 5.66. The molecule has 0 fully saturated rings. The van der Waals surface area contributed by atoms with E-state index in [4.69, 9.17) is 29.9 Å². The van der Waals surface area contributed by atoms with Gasteiger partial charge in [0.2, 0.25) is 0 Å². The first-order chi connectivity index (χ1) is 71.4. The topological polar surface area (TPSA) is 118 Å². The highest BCUT2D eigenvalue weighted by Crippen LogP contribution is 2.53. The van der Waals surface area contributed by atoms with Gasteiger partial charge in [-0.1, -0.05) is 328 Å². The Labute approximate surface area is 837 Å². The first-order valence-corrected chi connectivity index (χ1v) is 50.7. The lowest BCUT2D eigenvalue weighted by molar-refractivity contribution is 1.07. The minimum absolute atomic E-state index is 0.648.